The van der Waals surface area contributed by atoms with Gasteiger partial charge in [-0.3, -0.25) is 9.59 Å². The Hall–Kier alpha value is -3.49. The standard InChI is InChI=1S/C24H32N6O3/c1-5-6-13-33-23-27-21(25)20-22(28-23)30(15-26-20)14-16-7-9-17(10-8-16)18(31)11-12-19(32)29-24(2,3)4/h7-10,15H,5-6,11-14H2,1-4H3,(H,29,32)(H2,25,27,28). The number of ether oxygens (including phenoxy) is 1. The van der Waals surface area contributed by atoms with Crippen LogP contribution in [0.3, 0.4) is 0 Å². The number of hydrogen-bond donors (Lipinski definition) is 2. The molecule has 0 aliphatic carbocycles. The van der Waals surface area contributed by atoms with Crippen molar-refractivity contribution in [2.24, 2.45) is 0 Å². The van der Waals surface area contributed by atoms with Crippen LogP contribution in [0.4, 0.5) is 5.82 Å². The number of amides is 1. The highest BCUT2D eigenvalue weighted by Crippen LogP contribution is 2.21. The van der Waals surface area contributed by atoms with Crippen LogP contribution in [0.2, 0.25) is 0 Å². The molecule has 0 radical (unpaired) electrons. The van der Waals surface area contributed by atoms with Crippen LogP contribution in [0.5, 0.6) is 6.01 Å². The molecule has 176 valence electrons. The zero-order chi connectivity index (χ0) is 24.0. The SMILES string of the molecule is CCCCOc1nc(N)c2ncn(Cc3ccc(C(=O)CCC(=O)NC(C)(C)C)cc3)c2n1. The molecule has 0 spiro atoms. The highest BCUT2D eigenvalue weighted by atomic mass is 16.5. The molecular formula is C24H32N6O3. The summed E-state index contributed by atoms with van der Waals surface area (Å²) in [6, 6.07) is 7.57. The molecule has 2 heterocycles. The number of rotatable bonds is 10. The highest BCUT2D eigenvalue weighted by molar-refractivity contribution is 5.98. The van der Waals surface area contributed by atoms with E-state index in [2.05, 4.69) is 27.2 Å². The lowest BCUT2D eigenvalue weighted by Crippen LogP contribution is -2.40. The third kappa shape index (κ3) is 6.74. The number of hydrogen-bond acceptors (Lipinski definition) is 7. The van der Waals surface area contributed by atoms with Crippen LogP contribution >= 0.6 is 0 Å². The van der Waals surface area contributed by atoms with E-state index in [1.807, 2.05) is 37.5 Å². The van der Waals surface area contributed by atoms with E-state index in [0.717, 1.165) is 18.4 Å². The second-order valence-electron chi connectivity index (χ2n) is 9.06. The molecule has 3 rings (SSSR count). The van der Waals surface area contributed by atoms with Crippen molar-refractivity contribution in [2.75, 3.05) is 12.3 Å². The van der Waals surface area contributed by atoms with E-state index in [1.165, 1.54) is 0 Å². The summed E-state index contributed by atoms with van der Waals surface area (Å²) in [5, 5.41) is 2.87. The number of ketones is 1. The Morgan fingerprint density at radius 1 is 1.12 bits per heavy atom. The molecule has 9 nitrogen and oxygen atoms in total. The van der Waals surface area contributed by atoms with E-state index in [4.69, 9.17) is 10.5 Å². The van der Waals surface area contributed by atoms with Crippen LogP contribution in [0, 0.1) is 0 Å². The molecular weight excluding hydrogens is 420 g/mol. The summed E-state index contributed by atoms with van der Waals surface area (Å²) in [5.41, 5.74) is 8.40. The number of carbonyl (C=O) groups is 2. The molecule has 0 unspecified atom stereocenters. The number of carbonyl (C=O) groups excluding carboxylic acids is 2. The average Bonchev–Trinajstić information content (AvgIpc) is 3.15. The average molecular weight is 453 g/mol. The minimum Gasteiger partial charge on any atom is -0.463 e. The van der Waals surface area contributed by atoms with Gasteiger partial charge in [0.05, 0.1) is 19.5 Å². The van der Waals surface area contributed by atoms with E-state index in [-0.39, 0.29) is 41.9 Å². The molecule has 0 aliphatic heterocycles. The zero-order valence-electron chi connectivity index (χ0n) is 19.7. The number of nitrogen functional groups attached to an aromatic ring is 1. The molecule has 1 amide bonds. The van der Waals surface area contributed by atoms with Gasteiger partial charge in [0, 0.05) is 23.9 Å². The van der Waals surface area contributed by atoms with Crippen molar-refractivity contribution in [3.05, 3.63) is 41.7 Å². The van der Waals surface area contributed by atoms with Crippen molar-refractivity contribution in [3.63, 3.8) is 0 Å². The summed E-state index contributed by atoms with van der Waals surface area (Å²) in [5.74, 6) is 0.0912. The maximum atomic E-state index is 12.5. The van der Waals surface area contributed by atoms with Gasteiger partial charge in [-0.05, 0) is 32.8 Å². The Bertz CT molecular complexity index is 1120. The van der Waals surface area contributed by atoms with Crippen molar-refractivity contribution >= 4 is 28.7 Å². The number of fused-ring (bicyclic) bond motifs is 1. The Kier molecular flexibility index (Phi) is 7.63. The van der Waals surface area contributed by atoms with E-state index < -0.39 is 0 Å². The third-order valence-corrected chi connectivity index (χ3v) is 4.92. The third-order valence-electron chi connectivity index (χ3n) is 4.92. The fourth-order valence-electron chi connectivity index (χ4n) is 3.28. The van der Waals surface area contributed by atoms with Crippen LogP contribution in [0.25, 0.3) is 11.2 Å². The molecule has 0 saturated carbocycles. The molecule has 0 bridgehead atoms. The lowest BCUT2D eigenvalue weighted by atomic mass is 10.0. The fraction of sp³-hybridized carbons (Fsp3) is 0.458. The van der Waals surface area contributed by atoms with E-state index in [1.54, 1.807) is 18.5 Å². The Morgan fingerprint density at radius 3 is 2.52 bits per heavy atom. The maximum absolute atomic E-state index is 12.5. The number of nitrogens with zero attached hydrogens (tertiary/aromatic N) is 4. The predicted octanol–water partition coefficient (Wildman–Crippen LogP) is 3.51. The minimum atomic E-state index is -0.308. The van der Waals surface area contributed by atoms with Gasteiger partial charge in [-0.15, -0.1) is 0 Å². The summed E-state index contributed by atoms with van der Waals surface area (Å²) in [4.78, 5) is 37.4. The van der Waals surface area contributed by atoms with Crippen LogP contribution < -0.4 is 15.8 Å². The number of nitrogens with two attached hydrogens (primary N) is 1. The quantitative estimate of drug-likeness (QED) is 0.356. The first kappa shape index (κ1) is 24.2. The van der Waals surface area contributed by atoms with Crippen molar-refractivity contribution in [1.29, 1.82) is 0 Å². The number of imidazole rings is 1. The lowest BCUT2D eigenvalue weighted by molar-refractivity contribution is -0.122. The van der Waals surface area contributed by atoms with Crippen LogP contribution in [0.1, 0.15) is 69.3 Å². The number of aromatic nitrogens is 4. The van der Waals surface area contributed by atoms with Crippen molar-refractivity contribution < 1.29 is 14.3 Å². The van der Waals surface area contributed by atoms with Gasteiger partial charge in [0.25, 0.3) is 0 Å². The first-order valence-electron chi connectivity index (χ1n) is 11.2. The fourth-order valence-corrected chi connectivity index (χ4v) is 3.28. The number of unbranched alkanes of at least 4 members (excludes halogenated alkanes) is 1. The molecule has 33 heavy (non-hydrogen) atoms. The largest absolute Gasteiger partial charge is 0.463 e. The van der Waals surface area contributed by atoms with Gasteiger partial charge in [-0.25, -0.2) is 4.98 Å². The molecule has 9 heteroatoms. The number of anilines is 1. The summed E-state index contributed by atoms with van der Waals surface area (Å²) in [6.45, 7) is 8.85. The van der Waals surface area contributed by atoms with Gasteiger partial charge in [0.1, 0.15) is 0 Å². The smallest absolute Gasteiger partial charge is 0.320 e. The predicted molar refractivity (Wildman–Crippen MR) is 127 cm³/mol. The molecule has 0 aliphatic rings. The van der Waals surface area contributed by atoms with Gasteiger partial charge in [-0.2, -0.15) is 9.97 Å². The maximum Gasteiger partial charge on any atom is 0.320 e. The Morgan fingerprint density at radius 2 is 1.85 bits per heavy atom. The lowest BCUT2D eigenvalue weighted by Gasteiger charge is -2.20. The van der Waals surface area contributed by atoms with E-state index in [0.29, 0.717) is 29.9 Å². The summed E-state index contributed by atoms with van der Waals surface area (Å²) < 4.78 is 7.48. The van der Waals surface area contributed by atoms with Crippen LogP contribution in [-0.2, 0) is 11.3 Å². The van der Waals surface area contributed by atoms with Crippen molar-refractivity contribution in [1.82, 2.24) is 24.8 Å². The highest BCUT2D eigenvalue weighted by Gasteiger charge is 2.16. The molecule has 2 aromatic heterocycles. The second kappa shape index (κ2) is 10.4. The number of Topliss-reactive ketones (excluding diaryl/α,β-unsaturated/α-hetero) is 1. The van der Waals surface area contributed by atoms with E-state index >= 15 is 0 Å². The summed E-state index contributed by atoms with van der Waals surface area (Å²) >= 11 is 0. The van der Waals surface area contributed by atoms with Crippen LogP contribution in [-0.4, -0.2) is 43.4 Å². The first-order chi connectivity index (χ1) is 15.7. The van der Waals surface area contributed by atoms with Gasteiger partial charge < -0.3 is 20.4 Å². The number of nitrogens with one attached hydrogen (secondary N) is 1. The topological polar surface area (TPSA) is 125 Å². The molecule has 0 saturated heterocycles. The van der Waals surface area contributed by atoms with Crippen molar-refractivity contribution in [2.45, 2.75) is 65.5 Å². The van der Waals surface area contributed by atoms with Crippen LogP contribution in [0.15, 0.2) is 30.6 Å². The van der Waals surface area contributed by atoms with Gasteiger partial charge >= 0.3 is 6.01 Å². The Balaban J connectivity index is 1.65. The Labute approximate surface area is 193 Å². The van der Waals surface area contributed by atoms with Gasteiger partial charge in [-0.1, -0.05) is 37.6 Å². The second-order valence-corrected chi connectivity index (χ2v) is 9.06. The number of benzene rings is 1. The van der Waals surface area contributed by atoms with Gasteiger partial charge in [0.2, 0.25) is 5.91 Å². The molecule has 1 aromatic carbocycles. The minimum absolute atomic E-state index is 0.0620. The van der Waals surface area contributed by atoms with Crippen molar-refractivity contribution in [3.8, 4) is 6.01 Å². The zero-order valence-corrected chi connectivity index (χ0v) is 19.7. The monoisotopic (exact) mass is 452 g/mol. The van der Waals surface area contributed by atoms with Gasteiger partial charge in [0.15, 0.2) is 22.8 Å². The summed E-state index contributed by atoms with van der Waals surface area (Å²) in [7, 11) is 0. The normalized spacial score (nSPS) is 11.5. The first-order valence-corrected chi connectivity index (χ1v) is 11.2. The molecule has 0 fully saturated rings. The molecule has 0 atom stereocenters. The van der Waals surface area contributed by atoms with E-state index in [9.17, 15) is 9.59 Å². The summed E-state index contributed by atoms with van der Waals surface area (Å²) in [6.07, 6.45) is 3.93. The molecule has 3 aromatic rings. The molecule has 3 N–H and O–H groups in total.